The number of benzene rings is 1. The molecule has 36 heavy (non-hydrogen) atoms. The van der Waals surface area contributed by atoms with Gasteiger partial charge in [-0.2, -0.15) is 0 Å². The van der Waals surface area contributed by atoms with E-state index < -0.39 is 11.9 Å². The Morgan fingerprint density at radius 1 is 1.39 bits per heavy atom. The van der Waals surface area contributed by atoms with Crippen LogP contribution in [0.5, 0.6) is 5.75 Å². The summed E-state index contributed by atoms with van der Waals surface area (Å²) in [4.78, 5) is 19.1. The number of anilines is 1. The predicted molar refractivity (Wildman–Crippen MR) is 139 cm³/mol. The van der Waals surface area contributed by atoms with Crippen LogP contribution in [0.25, 0.3) is 16.5 Å². The Balaban J connectivity index is 1.39. The normalized spacial score (nSPS) is 19.3. The number of amides is 1. The molecule has 7 nitrogen and oxygen atoms in total. The molecule has 2 aromatic heterocycles. The molecule has 4 heterocycles. The van der Waals surface area contributed by atoms with Gasteiger partial charge in [0.05, 0.1) is 22.6 Å². The number of hydrogen-bond donors (Lipinski definition) is 2. The van der Waals surface area contributed by atoms with Crippen LogP contribution in [-0.2, 0) is 4.79 Å². The number of rotatable bonds is 5. The zero-order valence-corrected chi connectivity index (χ0v) is 21.3. The molecule has 10 heteroatoms. The number of nitrogen functional groups attached to an aromatic ring is 1. The number of ether oxygens (including phenoxy) is 1. The Morgan fingerprint density at radius 3 is 2.94 bits per heavy atom. The number of fused-ring (bicyclic) bond motifs is 1. The lowest BCUT2D eigenvalue weighted by molar-refractivity contribution is -0.135. The number of halogens is 3. The van der Waals surface area contributed by atoms with Gasteiger partial charge in [-0.05, 0) is 50.4 Å². The van der Waals surface area contributed by atoms with Crippen molar-refractivity contribution in [3.05, 3.63) is 57.7 Å². The van der Waals surface area contributed by atoms with E-state index in [4.69, 9.17) is 38.1 Å². The van der Waals surface area contributed by atoms with Gasteiger partial charge in [-0.25, -0.2) is 9.37 Å². The van der Waals surface area contributed by atoms with Crippen molar-refractivity contribution in [2.45, 2.75) is 32.3 Å². The lowest BCUT2D eigenvalue weighted by atomic mass is 9.95. The maximum Gasteiger partial charge on any atom is 0.227 e. The van der Waals surface area contributed by atoms with E-state index in [9.17, 15) is 9.18 Å². The summed E-state index contributed by atoms with van der Waals surface area (Å²) in [6.45, 7) is 4.63. The summed E-state index contributed by atoms with van der Waals surface area (Å²) in [6.07, 6.45) is 7.32. The third-order valence-corrected chi connectivity index (χ3v) is 7.61. The highest BCUT2D eigenvalue weighted by molar-refractivity contribution is 6.36. The Bertz CT molecular complexity index is 1340. The van der Waals surface area contributed by atoms with Crippen molar-refractivity contribution in [1.82, 2.24) is 15.2 Å². The summed E-state index contributed by atoms with van der Waals surface area (Å²) in [5.74, 6) is 0.0448. The second kappa shape index (κ2) is 10.3. The molecule has 3 aromatic rings. The average Bonchev–Trinajstić information content (AvgIpc) is 3.33. The predicted octanol–water partition coefficient (Wildman–Crippen LogP) is 5.61. The topological polar surface area (TPSA) is 93.6 Å². The highest BCUT2D eigenvalue weighted by Crippen LogP contribution is 2.41. The number of nitrogens with one attached hydrogen (secondary N) is 1. The molecule has 1 fully saturated rings. The molecular weight excluding hydrogens is 506 g/mol. The van der Waals surface area contributed by atoms with E-state index in [1.165, 1.54) is 12.1 Å². The van der Waals surface area contributed by atoms with Crippen molar-refractivity contribution in [3.63, 3.8) is 0 Å². The Hall–Kier alpha value is -2.81. The van der Waals surface area contributed by atoms with Gasteiger partial charge in [0.15, 0.2) is 11.4 Å². The Morgan fingerprint density at radius 2 is 2.22 bits per heavy atom. The molecule has 5 rings (SSSR count). The quantitative estimate of drug-likeness (QED) is 0.414. The van der Waals surface area contributed by atoms with Gasteiger partial charge in [-0.15, -0.1) is 0 Å². The summed E-state index contributed by atoms with van der Waals surface area (Å²) >= 11 is 12.4. The van der Waals surface area contributed by atoms with Gasteiger partial charge in [0, 0.05) is 42.0 Å². The number of piperidine rings is 1. The summed E-state index contributed by atoms with van der Waals surface area (Å²) in [5, 5.41) is 4.23. The number of carbonyl (C=O) groups excluding carboxylic acids is 1. The lowest BCUT2D eigenvalue weighted by Gasteiger charge is -2.31. The number of aromatic nitrogens is 1. The molecule has 0 saturated carbocycles. The number of nitrogens with zero attached hydrogens (tertiary/aromatic N) is 2. The smallest absolute Gasteiger partial charge is 0.227 e. The second-order valence-corrected chi connectivity index (χ2v) is 9.97. The van der Waals surface area contributed by atoms with E-state index >= 15 is 0 Å². The molecule has 0 spiro atoms. The van der Waals surface area contributed by atoms with E-state index in [1.54, 1.807) is 19.4 Å². The van der Waals surface area contributed by atoms with Crippen molar-refractivity contribution in [2.75, 3.05) is 31.9 Å². The molecule has 1 aromatic carbocycles. The molecule has 2 aliphatic rings. The minimum Gasteiger partial charge on any atom is -0.478 e. The molecule has 0 radical (unpaired) electrons. The van der Waals surface area contributed by atoms with Crippen LogP contribution in [0, 0.1) is 11.7 Å². The fourth-order valence-electron chi connectivity index (χ4n) is 4.93. The highest BCUT2D eigenvalue weighted by atomic mass is 35.5. The van der Waals surface area contributed by atoms with Crippen molar-refractivity contribution in [2.24, 2.45) is 5.92 Å². The number of furan rings is 1. The summed E-state index contributed by atoms with van der Waals surface area (Å²) in [6, 6.07) is 2.63. The van der Waals surface area contributed by atoms with Crippen LogP contribution < -0.4 is 15.8 Å². The van der Waals surface area contributed by atoms with Crippen LogP contribution >= 0.6 is 23.2 Å². The van der Waals surface area contributed by atoms with Gasteiger partial charge in [0.2, 0.25) is 11.7 Å². The molecule has 0 bridgehead atoms. The fourth-order valence-corrected chi connectivity index (χ4v) is 5.61. The van der Waals surface area contributed by atoms with Gasteiger partial charge < -0.3 is 25.1 Å². The number of nitrogens with two attached hydrogens (primary N) is 1. The van der Waals surface area contributed by atoms with E-state index in [0.29, 0.717) is 30.7 Å². The molecule has 2 unspecified atom stereocenters. The van der Waals surface area contributed by atoms with E-state index in [0.717, 1.165) is 42.5 Å². The fraction of sp³-hybridized carbons (Fsp3) is 0.385. The minimum absolute atomic E-state index is 0.0532. The molecule has 2 atom stereocenters. The van der Waals surface area contributed by atoms with E-state index in [2.05, 4.69) is 16.4 Å². The number of hydrogen-bond acceptors (Lipinski definition) is 6. The zero-order valence-electron chi connectivity index (χ0n) is 19.8. The SMILES string of the molecule is CC(Oc1c(N)ncc2c(C3=CCN(C(=O)C4CCCNC4)CC3)coc12)c1c(Cl)ccc(F)c1Cl. The maximum absolute atomic E-state index is 14.0. The standard InChI is InChI=1S/C26H27Cl2FN4O3/c1-14(21-19(27)4-5-20(29)22(21)28)36-24-23-17(12-32-25(24)30)18(13-35-23)15-6-9-33(10-7-15)26(34)16-3-2-8-31-11-16/h4-6,12-14,16,31H,2-3,7-11H2,1H3,(H2,30,32). The van der Waals surface area contributed by atoms with Crippen LogP contribution in [0.15, 0.2) is 35.1 Å². The first-order valence-electron chi connectivity index (χ1n) is 12.0. The number of carbonyl (C=O) groups is 1. The van der Waals surface area contributed by atoms with Crippen LogP contribution in [0.4, 0.5) is 10.2 Å². The first-order chi connectivity index (χ1) is 17.3. The largest absolute Gasteiger partial charge is 0.478 e. The average molecular weight is 533 g/mol. The Labute approximate surface area is 218 Å². The molecule has 190 valence electrons. The third kappa shape index (κ3) is 4.65. The van der Waals surface area contributed by atoms with E-state index in [-0.39, 0.29) is 33.4 Å². The minimum atomic E-state index is -0.716. The van der Waals surface area contributed by atoms with Gasteiger partial charge in [-0.3, -0.25) is 4.79 Å². The summed E-state index contributed by atoms with van der Waals surface area (Å²) in [7, 11) is 0. The van der Waals surface area contributed by atoms with Gasteiger partial charge in [-0.1, -0.05) is 29.3 Å². The van der Waals surface area contributed by atoms with Crippen LogP contribution in [-0.4, -0.2) is 42.0 Å². The monoisotopic (exact) mass is 532 g/mol. The first kappa shape index (κ1) is 24.9. The third-order valence-electron chi connectivity index (χ3n) is 6.89. The molecule has 2 aliphatic heterocycles. The van der Waals surface area contributed by atoms with Crippen molar-refractivity contribution < 1.29 is 18.3 Å². The lowest BCUT2D eigenvalue weighted by Crippen LogP contribution is -2.44. The van der Waals surface area contributed by atoms with Gasteiger partial charge >= 0.3 is 0 Å². The molecule has 0 aliphatic carbocycles. The maximum atomic E-state index is 14.0. The van der Waals surface area contributed by atoms with Crippen molar-refractivity contribution in [1.29, 1.82) is 0 Å². The van der Waals surface area contributed by atoms with Crippen molar-refractivity contribution in [3.8, 4) is 5.75 Å². The highest BCUT2D eigenvalue weighted by Gasteiger charge is 2.28. The molecule has 1 amide bonds. The molecule has 1 saturated heterocycles. The summed E-state index contributed by atoms with van der Waals surface area (Å²) in [5.41, 5.74) is 8.82. The van der Waals surface area contributed by atoms with Crippen LogP contribution in [0.2, 0.25) is 10.0 Å². The summed E-state index contributed by atoms with van der Waals surface area (Å²) < 4.78 is 26.0. The first-order valence-corrected chi connectivity index (χ1v) is 12.8. The molecule has 3 N–H and O–H groups in total. The number of pyridine rings is 1. The zero-order chi connectivity index (χ0) is 25.4. The van der Waals surface area contributed by atoms with Crippen LogP contribution in [0.1, 0.15) is 43.4 Å². The second-order valence-electron chi connectivity index (χ2n) is 9.19. The van der Waals surface area contributed by atoms with Gasteiger partial charge in [0.25, 0.3) is 0 Å². The van der Waals surface area contributed by atoms with E-state index in [1.807, 2.05) is 4.90 Å². The van der Waals surface area contributed by atoms with Crippen LogP contribution in [0.3, 0.4) is 0 Å². The van der Waals surface area contributed by atoms with Crippen molar-refractivity contribution >= 4 is 51.5 Å². The Kier molecular flexibility index (Phi) is 7.10. The van der Waals surface area contributed by atoms with Gasteiger partial charge in [0.1, 0.15) is 11.9 Å². The molecular formula is C26H27Cl2FN4O3.